The Balaban J connectivity index is 2.25. The van der Waals surface area contributed by atoms with E-state index >= 15 is 0 Å². The SMILES string of the molecule is CC[Si]1(CC)c2cc(C(C)C)sc2-c2sc(C(C)C)cc21. The maximum atomic E-state index is 2.58. The summed E-state index contributed by atoms with van der Waals surface area (Å²) < 4.78 is 0. The number of hydrogen-bond acceptors (Lipinski definition) is 2. The minimum atomic E-state index is -1.45. The number of fused-ring (bicyclic) bond motifs is 3. The zero-order valence-corrected chi connectivity index (χ0v) is 16.7. The lowest BCUT2D eigenvalue weighted by Gasteiger charge is -2.25. The molecule has 0 amide bonds. The van der Waals surface area contributed by atoms with Gasteiger partial charge >= 0.3 is 0 Å². The second kappa shape index (κ2) is 5.36. The topological polar surface area (TPSA) is 0 Å². The first-order valence-electron chi connectivity index (χ1n) is 8.23. The van der Waals surface area contributed by atoms with E-state index in [1.54, 1.807) is 29.9 Å². The van der Waals surface area contributed by atoms with Crippen molar-refractivity contribution in [3.63, 3.8) is 0 Å². The quantitative estimate of drug-likeness (QED) is 0.635. The van der Waals surface area contributed by atoms with Crippen molar-refractivity contribution in [1.29, 1.82) is 0 Å². The molecule has 0 saturated heterocycles. The van der Waals surface area contributed by atoms with E-state index < -0.39 is 8.07 Å². The van der Waals surface area contributed by atoms with E-state index in [4.69, 9.17) is 0 Å². The van der Waals surface area contributed by atoms with Gasteiger partial charge in [0.2, 0.25) is 0 Å². The summed E-state index contributed by atoms with van der Waals surface area (Å²) in [6.07, 6.45) is 0. The second-order valence-corrected chi connectivity index (χ2v) is 13.7. The van der Waals surface area contributed by atoms with Crippen LogP contribution in [0, 0.1) is 0 Å². The van der Waals surface area contributed by atoms with Crippen LogP contribution in [0.1, 0.15) is 63.1 Å². The highest BCUT2D eigenvalue weighted by Crippen LogP contribution is 2.44. The lowest BCUT2D eigenvalue weighted by atomic mass is 10.2. The first kappa shape index (κ1) is 15.5. The Bertz CT molecular complexity index is 603. The highest BCUT2D eigenvalue weighted by atomic mass is 32.1. The van der Waals surface area contributed by atoms with E-state index in [-0.39, 0.29) is 0 Å². The fourth-order valence-corrected chi connectivity index (χ4v) is 12.0. The predicted octanol–water partition coefficient (Wildman–Crippen LogP) is 5.64. The van der Waals surface area contributed by atoms with Gasteiger partial charge in [-0.05, 0) is 34.3 Å². The third-order valence-corrected chi connectivity index (χ3v) is 13.7. The fourth-order valence-electron chi connectivity index (χ4n) is 3.59. The van der Waals surface area contributed by atoms with Crippen LogP contribution in [0.3, 0.4) is 0 Å². The van der Waals surface area contributed by atoms with Crippen LogP contribution in [-0.2, 0) is 0 Å². The van der Waals surface area contributed by atoms with Crippen LogP contribution in [0.25, 0.3) is 9.75 Å². The Hall–Kier alpha value is -0.383. The maximum Gasteiger partial charge on any atom is 0.121 e. The van der Waals surface area contributed by atoms with Crippen molar-refractivity contribution in [3.05, 3.63) is 21.9 Å². The predicted molar refractivity (Wildman–Crippen MR) is 102 cm³/mol. The Morgan fingerprint density at radius 2 is 1.19 bits per heavy atom. The molecule has 0 nitrogen and oxygen atoms in total. The van der Waals surface area contributed by atoms with Crippen molar-refractivity contribution in [2.24, 2.45) is 0 Å². The summed E-state index contributed by atoms with van der Waals surface area (Å²) in [4.78, 5) is 6.45. The zero-order chi connectivity index (χ0) is 15.4. The lowest BCUT2D eigenvalue weighted by molar-refractivity contribution is 0.890. The van der Waals surface area contributed by atoms with Crippen LogP contribution in [0.5, 0.6) is 0 Å². The molecule has 0 unspecified atom stereocenters. The molecular weight excluding hydrogens is 308 g/mol. The van der Waals surface area contributed by atoms with E-state index in [1.165, 1.54) is 12.1 Å². The normalized spacial score (nSPS) is 15.8. The number of hydrogen-bond donors (Lipinski definition) is 0. The molecule has 0 saturated carbocycles. The van der Waals surface area contributed by atoms with Crippen LogP contribution in [0.2, 0.25) is 12.1 Å². The first-order chi connectivity index (χ1) is 9.94. The summed E-state index contributed by atoms with van der Waals surface area (Å²) in [5.74, 6) is 1.32. The second-order valence-electron chi connectivity index (χ2n) is 6.88. The van der Waals surface area contributed by atoms with Crippen LogP contribution in [0.4, 0.5) is 0 Å². The Morgan fingerprint density at radius 1 is 0.810 bits per heavy atom. The minimum absolute atomic E-state index is 0.661. The molecule has 0 N–H and O–H groups in total. The van der Waals surface area contributed by atoms with Gasteiger partial charge in [-0.25, -0.2) is 0 Å². The zero-order valence-electron chi connectivity index (χ0n) is 14.0. The summed E-state index contributed by atoms with van der Waals surface area (Å²) in [5, 5.41) is 3.52. The van der Waals surface area contributed by atoms with Crippen molar-refractivity contribution < 1.29 is 0 Å². The van der Waals surface area contributed by atoms with E-state index in [2.05, 4.69) is 76.3 Å². The van der Waals surface area contributed by atoms with E-state index in [0.29, 0.717) is 11.8 Å². The molecular formula is C18H26S2Si. The van der Waals surface area contributed by atoms with Crippen molar-refractivity contribution >= 4 is 41.1 Å². The molecule has 1 aliphatic heterocycles. The summed E-state index contributed by atoms with van der Waals surface area (Å²) >= 11 is 4.15. The molecule has 3 heteroatoms. The standard InChI is InChI=1S/C18H26S2Si/c1-7-21(8-2)15-9-13(11(3)4)19-17(15)18-16(21)10-14(20-18)12(5)6/h9-12H,7-8H2,1-6H3. The lowest BCUT2D eigenvalue weighted by Crippen LogP contribution is -2.53. The number of thiophene rings is 2. The Morgan fingerprint density at radius 3 is 1.48 bits per heavy atom. The molecule has 2 aromatic rings. The summed E-state index contributed by atoms with van der Waals surface area (Å²) in [5.41, 5.74) is 0. The van der Waals surface area contributed by atoms with Gasteiger partial charge in [-0.2, -0.15) is 0 Å². The van der Waals surface area contributed by atoms with Crippen molar-refractivity contribution in [1.82, 2.24) is 0 Å². The van der Waals surface area contributed by atoms with Gasteiger partial charge < -0.3 is 0 Å². The third-order valence-electron chi connectivity index (χ3n) is 5.08. The first-order valence-corrected chi connectivity index (χ1v) is 12.3. The molecule has 0 radical (unpaired) electrons. The van der Waals surface area contributed by atoms with E-state index in [9.17, 15) is 0 Å². The van der Waals surface area contributed by atoms with E-state index in [1.807, 2.05) is 0 Å². The van der Waals surface area contributed by atoms with Gasteiger partial charge in [0.25, 0.3) is 0 Å². The average Bonchev–Trinajstić information content (AvgIpc) is 3.08. The van der Waals surface area contributed by atoms with E-state index in [0.717, 1.165) is 0 Å². The average molecular weight is 335 g/mol. The van der Waals surface area contributed by atoms with Gasteiger partial charge in [0.05, 0.1) is 0 Å². The van der Waals surface area contributed by atoms with Gasteiger partial charge in [-0.1, -0.05) is 53.6 Å². The van der Waals surface area contributed by atoms with Crippen LogP contribution in [0.15, 0.2) is 12.1 Å². The van der Waals surface area contributed by atoms with Gasteiger partial charge in [-0.15, -0.1) is 22.7 Å². The van der Waals surface area contributed by atoms with Crippen molar-refractivity contribution in [2.75, 3.05) is 0 Å². The molecule has 114 valence electrons. The van der Waals surface area contributed by atoms with Crippen LogP contribution < -0.4 is 10.4 Å². The smallest absolute Gasteiger partial charge is 0.121 e. The highest BCUT2D eigenvalue weighted by Gasteiger charge is 2.45. The molecule has 0 spiro atoms. The molecule has 1 aliphatic rings. The summed E-state index contributed by atoms with van der Waals surface area (Å²) in [6.45, 7) is 14.2. The molecule has 21 heavy (non-hydrogen) atoms. The van der Waals surface area contributed by atoms with Gasteiger partial charge in [0.15, 0.2) is 0 Å². The molecule has 0 atom stereocenters. The number of rotatable bonds is 4. The van der Waals surface area contributed by atoms with Gasteiger partial charge in [0, 0.05) is 19.5 Å². The largest absolute Gasteiger partial charge is 0.139 e. The minimum Gasteiger partial charge on any atom is -0.139 e. The third kappa shape index (κ3) is 2.12. The fraction of sp³-hybridized carbons (Fsp3) is 0.556. The summed E-state index contributed by atoms with van der Waals surface area (Å²) in [6, 6.07) is 7.86. The summed E-state index contributed by atoms with van der Waals surface area (Å²) in [7, 11) is -1.45. The van der Waals surface area contributed by atoms with Gasteiger partial charge in [0.1, 0.15) is 8.07 Å². The molecule has 2 aromatic heterocycles. The van der Waals surface area contributed by atoms with Crippen molar-refractivity contribution in [2.45, 2.75) is 65.5 Å². The molecule has 0 bridgehead atoms. The van der Waals surface area contributed by atoms with Gasteiger partial charge in [-0.3, -0.25) is 0 Å². The molecule has 3 rings (SSSR count). The van der Waals surface area contributed by atoms with Crippen molar-refractivity contribution in [3.8, 4) is 9.75 Å². The highest BCUT2D eigenvalue weighted by molar-refractivity contribution is 7.29. The van der Waals surface area contributed by atoms with Crippen LogP contribution >= 0.6 is 22.7 Å². The Kier molecular flexibility index (Phi) is 3.96. The molecule has 3 heterocycles. The maximum absolute atomic E-state index is 2.58. The molecule has 0 aliphatic carbocycles. The monoisotopic (exact) mass is 334 g/mol. The molecule has 0 fully saturated rings. The molecule has 0 aromatic carbocycles. The van der Waals surface area contributed by atoms with Crippen LogP contribution in [-0.4, -0.2) is 8.07 Å². The Labute approximate surface area is 138 Å².